The molecule has 0 radical (unpaired) electrons. The second-order valence-corrected chi connectivity index (χ2v) is 8.13. The van der Waals surface area contributed by atoms with Gasteiger partial charge in [0.25, 0.3) is 0 Å². The van der Waals surface area contributed by atoms with Crippen molar-refractivity contribution in [1.82, 2.24) is 19.4 Å². The summed E-state index contributed by atoms with van der Waals surface area (Å²) in [6.45, 7) is 8.86. The summed E-state index contributed by atoms with van der Waals surface area (Å²) in [4.78, 5) is 12.4. The maximum atomic E-state index is 12.9. The van der Waals surface area contributed by atoms with Crippen LogP contribution in [0.1, 0.15) is 38.1 Å². The summed E-state index contributed by atoms with van der Waals surface area (Å²) < 4.78 is 33.9. The Labute approximate surface area is 149 Å². The van der Waals surface area contributed by atoms with Crippen molar-refractivity contribution in [2.45, 2.75) is 58.0 Å². The van der Waals surface area contributed by atoms with Crippen LogP contribution in [0.2, 0.25) is 0 Å². The third-order valence-corrected chi connectivity index (χ3v) is 6.68. The Morgan fingerprint density at radius 1 is 1.24 bits per heavy atom. The Balaban J connectivity index is 2.21. The van der Waals surface area contributed by atoms with Gasteiger partial charge in [-0.3, -0.25) is 9.48 Å². The smallest absolute Gasteiger partial charge is 0.246 e. The number of carbonyl (C=O) groups is 1. The monoisotopic (exact) mass is 372 g/mol. The van der Waals surface area contributed by atoms with E-state index in [0.29, 0.717) is 37.7 Å². The summed E-state index contributed by atoms with van der Waals surface area (Å²) in [5.74, 6) is -0.158. The zero-order valence-corrected chi connectivity index (χ0v) is 16.2. The van der Waals surface area contributed by atoms with E-state index >= 15 is 0 Å². The molecule has 1 aliphatic heterocycles. The zero-order valence-electron chi connectivity index (χ0n) is 15.4. The highest BCUT2D eigenvalue weighted by molar-refractivity contribution is 7.89. The van der Waals surface area contributed by atoms with Gasteiger partial charge in [-0.2, -0.15) is 9.40 Å². The van der Waals surface area contributed by atoms with E-state index in [0.717, 1.165) is 12.8 Å². The van der Waals surface area contributed by atoms with Crippen LogP contribution in [-0.2, 0) is 26.1 Å². The molecule has 0 unspecified atom stereocenters. The van der Waals surface area contributed by atoms with E-state index in [1.807, 2.05) is 13.8 Å². The first-order chi connectivity index (χ1) is 11.8. The molecule has 1 fully saturated rings. The number of hydrogen-bond acceptors (Lipinski definition) is 5. The number of rotatable bonds is 7. The van der Waals surface area contributed by atoms with Crippen LogP contribution in [0.4, 0.5) is 0 Å². The van der Waals surface area contributed by atoms with E-state index in [4.69, 9.17) is 4.74 Å². The number of morpholine rings is 1. The van der Waals surface area contributed by atoms with Gasteiger partial charge < -0.3 is 10.1 Å². The van der Waals surface area contributed by atoms with Gasteiger partial charge in [-0.25, -0.2) is 8.42 Å². The highest BCUT2D eigenvalue weighted by Crippen LogP contribution is 2.24. The first kappa shape index (κ1) is 19.9. The van der Waals surface area contributed by atoms with Crippen molar-refractivity contribution < 1.29 is 17.9 Å². The van der Waals surface area contributed by atoms with Crippen LogP contribution in [0.25, 0.3) is 0 Å². The molecule has 1 aromatic heterocycles. The summed E-state index contributed by atoms with van der Waals surface area (Å²) in [6.07, 6.45) is 1.71. The molecule has 1 aromatic rings. The molecular formula is C16H28N4O4S. The normalized spacial score (nSPS) is 16.4. The van der Waals surface area contributed by atoms with Crippen LogP contribution in [-0.4, -0.2) is 60.8 Å². The summed E-state index contributed by atoms with van der Waals surface area (Å²) in [5.41, 5.74) is 0.906. The molecule has 25 heavy (non-hydrogen) atoms. The third kappa shape index (κ3) is 4.39. The Morgan fingerprint density at radius 2 is 1.84 bits per heavy atom. The lowest BCUT2D eigenvalue weighted by Gasteiger charge is -2.26. The van der Waals surface area contributed by atoms with Crippen LogP contribution in [0, 0.1) is 13.8 Å². The lowest BCUT2D eigenvalue weighted by atomic mass is 10.2. The van der Waals surface area contributed by atoms with Crippen molar-refractivity contribution >= 4 is 15.9 Å². The van der Waals surface area contributed by atoms with Gasteiger partial charge in [-0.1, -0.05) is 13.8 Å². The van der Waals surface area contributed by atoms with E-state index < -0.39 is 10.0 Å². The van der Waals surface area contributed by atoms with Gasteiger partial charge in [0.05, 0.1) is 24.6 Å². The molecule has 0 atom stereocenters. The second-order valence-electron chi connectivity index (χ2n) is 6.25. The van der Waals surface area contributed by atoms with Gasteiger partial charge in [0.1, 0.15) is 11.4 Å². The molecule has 0 bridgehead atoms. The van der Waals surface area contributed by atoms with Crippen molar-refractivity contribution in [2.24, 2.45) is 0 Å². The highest BCUT2D eigenvalue weighted by atomic mass is 32.2. The van der Waals surface area contributed by atoms with Gasteiger partial charge >= 0.3 is 0 Å². The molecule has 0 saturated carbocycles. The topological polar surface area (TPSA) is 93.5 Å². The molecule has 1 amide bonds. The zero-order chi connectivity index (χ0) is 18.6. The van der Waals surface area contributed by atoms with Gasteiger partial charge in [-0.05, 0) is 26.7 Å². The molecule has 0 aromatic carbocycles. The Kier molecular flexibility index (Phi) is 6.59. The van der Waals surface area contributed by atoms with E-state index in [9.17, 15) is 13.2 Å². The summed E-state index contributed by atoms with van der Waals surface area (Å²) in [5, 5.41) is 7.24. The number of sulfonamides is 1. The summed E-state index contributed by atoms with van der Waals surface area (Å²) in [7, 11) is -3.63. The lowest BCUT2D eigenvalue weighted by Crippen LogP contribution is -2.41. The average molecular weight is 372 g/mol. The van der Waals surface area contributed by atoms with Crippen molar-refractivity contribution in [2.75, 3.05) is 26.3 Å². The summed E-state index contributed by atoms with van der Waals surface area (Å²) >= 11 is 0. The summed E-state index contributed by atoms with van der Waals surface area (Å²) in [6, 6.07) is 0.126. The molecule has 1 N–H and O–H groups in total. The van der Waals surface area contributed by atoms with Crippen LogP contribution in [0.5, 0.6) is 0 Å². The number of aryl methyl sites for hydroxylation is 1. The number of nitrogens with one attached hydrogen (secondary N) is 1. The minimum absolute atomic E-state index is 0.0157. The maximum Gasteiger partial charge on any atom is 0.246 e. The molecular weight excluding hydrogens is 344 g/mol. The first-order valence-electron chi connectivity index (χ1n) is 8.72. The van der Waals surface area contributed by atoms with Gasteiger partial charge in [0, 0.05) is 19.1 Å². The van der Waals surface area contributed by atoms with Crippen LogP contribution in [0.3, 0.4) is 0 Å². The third-order valence-electron chi connectivity index (χ3n) is 4.53. The van der Waals surface area contributed by atoms with Crippen LogP contribution in [0.15, 0.2) is 4.90 Å². The fraction of sp³-hybridized carbons (Fsp3) is 0.750. The predicted octanol–water partition coefficient (Wildman–Crippen LogP) is 0.826. The Bertz CT molecular complexity index is 704. The maximum absolute atomic E-state index is 12.9. The fourth-order valence-corrected chi connectivity index (χ4v) is 4.81. The number of aromatic nitrogens is 2. The minimum atomic E-state index is -3.63. The number of amides is 1. The van der Waals surface area contributed by atoms with Crippen LogP contribution >= 0.6 is 0 Å². The van der Waals surface area contributed by atoms with Crippen LogP contribution < -0.4 is 5.32 Å². The van der Waals surface area contributed by atoms with Crippen molar-refractivity contribution in [3.63, 3.8) is 0 Å². The number of ether oxygens (including phenoxy) is 1. The molecule has 0 spiro atoms. The minimum Gasteiger partial charge on any atom is -0.379 e. The highest BCUT2D eigenvalue weighted by Gasteiger charge is 2.32. The second kappa shape index (κ2) is 8.29. The van der Waals surface area contributed by atoms with E-state index in [1.54, 1.807) is 13.8 Å². The largest absolute Gasteiger partial charge is 0.379 e. The fourth-order valence-electron chi connectivity index (χ4n) is 3.03. The average Bonchev–Trinajstić information content (AvgIpc) is 2.87. The SMILES string of the molecule is CCC(CC)NC(=O)Cn1nc(C)c(S(=O)(=O)N2CCOCC2)c1C. The Morgan fingerprint density at radius 3 is 2.40 bits per heavy atom. The molecule has 0 aliphatic carbocycles. The molecule has 142 valence electrons. The molecule has 8 nitrogen and oxygen atoms in total. The molecule has 2 heterocycles. The molecule has 1 aliphatic rings. The van der Waals surface area contributed by atoms with E-state index in [-0.39, 0.29) is 23.4 Å². The van der Waals surface area contributed by atoms with Gasteiger partial charge in [0.15, 0.2) is 0 Å². The van der Waals surface area contributed by atoms with Gasteiger partial charge in [0.2, 0.25) is 15.9 Å². The first-order valence-corrected chi connectivity index (χ1v) is 10.2. The van der Waals surface area contributed by atoms with Crippen molar-refractivity contribution in [3.05, 3.63) is 11.4 Å². The quantitative estimate of drug-likeness (QED) is 0.765. The molecule has 1 saturated heterocycles. The van der Waals surface area contributed by atoms with E-state index in [1.165, 1.54) is 8.99 Å². The predicted molar refractivity (Wildman–Crippen MR) is 93.8 cm³/mol. The number of nitrogens with zero attached hydrogens (tertiary/aromatic N) is 3. The van der Waals surface area contributed by atoms with Gasteiger partial charge in [-0.15, -0.1) is 0 Å². The van der Waals surface area contributed by atoms with Crippen molar-refractivity contribution in [3.8, 4) is 0 Å². The standard InChI is InChI=1S/C16H28N4O4S/c1-5-14(6-2)17-15(21)11-20-13(4)16(12(3)18-20)25(22,23)19-7-9-24-10-8-19/h14H,5-11H2,1-4H3,(H,17,21). The Hall–Kier alpha value is -1.45. The molecule has 9 heteroatoms. The molecule has 2 rings (SSSR count). The van der Waals surface area contributed by atoms with E-state index in [2.05, 4.69) is 10.4 Å². The number of hydrogen-bond donors (Lipinski definition) is 1. The van der Waals surface area contributed by atoms with Crippen molar-refractivity contribution in [1.29, 1.82) is 0 Å². The lowest BCUT2D eigenvalue weighted by molar-refractivity contribution is -0.122. The number of carbonyl (C=O) groups excluding carboxylic acids is 1.